The maximum Gasteiger partial charge on any atom is 0.416 e. The highest BCUT2D eigenvalue weighted by atomic mass is 19.4. The number of nitrogens with zero attached hydrogens (tertiary/aromatic N) is 3. The largest absolute Gasteiger partial charge is 0.416 e. The Bertz CT molecular complexity index is 1000. The Morgan fingerprint density at radius 2 is 1.88 bits per heavy atom. The minimum Gasteiger partial charge on any atom is -0.378 e. The molecular formula is C22H25F3N4O4. The van der Waals surface area contributed by atoms with Gasteiger partial charge in [0.25, 0.3) is 5.91 Å². The number of rotatable bonds is 4. The van der Waals surface area contributed by atoms with Gasteiger partial charge in [0.15, 0.2) is 0 Å². The van der Waals surface area contributed by atoms with Crippen molar-refractivity contribution in [2.24, 2.45) is 0 Å². The molecule has 0 aliphatic carbocycles. The number of carbonyl (C=O) groups is 3. The molecule has 33 heavy (non-hydrogen) atoms. The van der Waals surface area contributed by atoms with E-state index in [0.29, 0.717) is 32.0 Å². The lowest BCUT2D eigenvalue weighted by molar-refractivity contribution is -0.145. The van der Waals surface area contributed by atoms with E-state index in [0.717, 1.165) is 6.07 Å². The van der Waals surface area contributed by atoms with Crippen molar-refractivity contribution in [2.75, 3.05) is 39.4 Å². The molecule has 0 saturated carbocycles. The quantitative estimate of drug-likeness (QED) is 0.737. The van der Waals surface area contributed by atoms with E-state index in [4.69, 9.17) is 4.74 Å². The molecule has 1 aromatic carbocycles. The Hall–Kier alpha value is -3.08. The summed E-state index contributed by atoms with van der Waals surface area (Å²) in [5.74, 6) is -0.819. The lowest BCUT2D eigenvalue weighted by atomic mass is 9.91. The number of ether oxygens (including phenoxy) is 1. The number of amides is 4. The second kappa shape index (κ2) is 8.69. The number of halogens is 3. The summed E-state index contributed by atoms with van der Waals surface area (Å²) in [4.78, 5) is 43.5. The van der Waals surface area contributed by atoms with E-state index in [2.05, 4.69) is 5.32 Å². The highest BCUT2D eigenvalue weighted by Gasteiger charge is 2.48. The third-order valence-corrected chi connectivity index (χ3v) is 6.29. The number of nitrogens with one attached hydrogen (secondary N) is 1. The van der Waals surface area contributed by atoms with Crippen LogP contribution in [0.15, 0.2) is 35.5 Å². The van der Waals surface area contributed by atoms with Gasteiger partial charge in [0, 0.05) is 19.6 Å². The van der Waals surface area contributed by atoms with E-state index in [1.807, 2.05) is 0 Å². The second-order valence-electron chi connectivity index (χ2n) is 8.12. The molecule has 4 amide bonds. The van der Waals surface area contributed by atoms with E-state index < -0.39 is 35.8 Å². The van der Waals surface area contributed by atoms with Crippen LogP contribution in [0.4, 0.5) is 18.0 Å². The standard InChI is InChI=1S/C22H25F3N4O4/c1-3-28-16-12-29(13(2)19(30)27-8-10-33-11-9-27)20(31)17(16)18(26-21(28)32)14-6-4-5-7-15(14)22(23,24)25/h4-7,13,18H,3,8-12H2,1-2H3,(H,26,32). The first-order chi connectivity index (χ1) is 15.6. The second-order valence-corrected chi connectivity index (χ2v) is 8.12. The van der Waals surface area contributed by atoms with E-state index in [1.165, 1.54) is 28.0 Å². The van der Waals surface area contributed by atoms with Crippen molar-refractivity contribution < 1.29 is 32.3 Å². The van der Waals surface area contributed by atoms with Crippen molar-refractivity contribution in [3.63, 3.8) is 0 Å². The Labute approximate surface area is 188 Å². The van der Waals surface area contributed by atoms with Crippen molar-refractivity contribution in [3.8, 4) is 0 Å². The van der Waals surface area contributed by atoms with E-state index in [-0.39, 0.29) is 30.1 Å². The van der Waals surface area contributed by atoms with Crippen LogP contribution < -0.4 is 5.32 Å². The van der Waals surface area contributed by atoms with Crippen LogP contribution in [-0.2, 0) is 20.5 Å². The average Bonchev–Trinajstić information content (AvgIpc) is 3.14. The van der Waals surface area contributed by atoms with Gasteiger partial charge in [0.05, 0.1) is 42.6 Å². The molecule has 0 bridgehead atoms. The predicted octanol–water partition coefficient (Wildman–Crippen LogP) is 2.14. The summed E-state index contributed by atoms with van der Waals surface area (Å²) in [5.41, 5.74) is -0.732. The fourth-order valence-corrected chi connectivity index (χ4v) is 4.58. The molecule has 1 fully saturated rings. The summed E-state index contributed by atoms with van der Waals surface area (Å²) in [6, 6.07) is 2.19. The maximum absolute atomic E-state index is 13.7. The molecule has 1 aromatic rings. The topological polar surface area (TPSA) is 82.2 Å². The van der Waals surface area contributed by atoms with Crippen molar-refractivity contribution in [2.45, 2.75) is 32.1 Å². The van der Waals surface area contributed by atoms with E-state index >= 15 is 0 Å². The van der Waals surface area contributed by atoms with Crippen LogP contribution in [0.2, 0.25) is 0 Å². The highest BCUT2D eigenvalue weighted by molar-refractivity contribution is 6.03. The number of likely N-dealkylation sites (N-methyl/N-ethyl adjacent to an activating group) is 1. The summed E-state index contributed by atoms with van der Waals surface area (Å²) < 4.78 is 46.4. The molecule has 3 aliphatic heterocycles. The van der Waals surface area contributed by atoms with E-state index in [1.54, 1.807) is 18.7 Å². The number of benzene rings is 1. The van der Waals surface area contributed by atoms with Crippen LogP contribution in [-0.4, -0.2) is 78.0 Å². The SMILES string of the molecule is CCN1C(=O)NC(c2ccccc2C(F)(F)F)C2=C1CN(C(C)C(=O)N1CCOCC1)C2=O. The van der Waals surface area contributed by atoms with Crippen LogP contribution in [0.3, 0.4) is 0 Å². The fourth-order valence-electron chi connectivity index (χ4n) is 4.58. The number of hydrogen-bond donors (Lipinski definition) is 1. The monoisotopic (exact) mass is 466 g/mol. The summed E-state index contributed by atoms with van der Waals surface area (Å²) in [6.45, 7) is 5.12. The first-order valence-corrected chi connectivity index (χ1v) is 10.8. The molecule has 3 heterocycles. The molecule has 4 rings (SSSR count). The molecule has 2 unspecified atom stereocenters. The molecule has 8 nitrogen and oxygen atoms in total. The van der Waals surface area contributed by atoms with Gasteiger partial charge in [-0.05, 0) is 25.5 Å². The fraction of sp³-hybridized carbons (Fsp3) is 0.500. The van der Waals surface area contributed by atoms with Gasteiger partial charge in [-0.1, -0.05) is 18.2 Å². The maximum atomic E-state index is 13.7. The number of hydrogen-bond acceptors (Lipinski definition) is 4. The van der Waals surface area contributed by atoms with Gasteiger partial charge < -0.3 is 19.9 Å². The van der Waals surface area contributed by atoms with Crippen molar-refractivity contribution in [1.82, 2.24) is 20.0 Å². The van der Waals surface area contributed by atoms with Gasteiger partial charge >= 0.3 is 12.2 Å². The van der Waals surface area contributed by atoms with Crippen molar-refractivity contribution in [1.29, 1.82) is 0 Å². The first kappa shape index (κ1) is 23.1. The van der Waals surface area contributed by atoms with Crippen LogP contribution in [0, 0.1) is 0 Å². The minimum absolute atomic E-state index is 0.0304. The summed E-state index contributed by atoms with van der Waals surface area (Å²) in [6.07, 6.45) is -4.66. The van der Waals surface area contributed by atoms with Gasteiger partial charge in [0.2, 0.25) is 5.91 Å². The molecule has 11 heteroatoms. The third-order valence-electron chi connectivity index (χ3n) is 6.29. The Morgan fingerprint density at radius 1 is 1.21 bits per heavy atom. The van der Waals surface area contributed by atoms with Gasteiger partial charge in [0.1, 0.15) is 6.04 Å². The van der Waals surface area contributed by atoms with Crippen LogP contribution in [0.5, 0.6) is 0 Å². The molecule has 178 valence electrons. The number of morpholine rings is 1. The normalized spacial score (nSPS) is 22.5. The average molecular weight is 466 g/mol. The summed E-state index contributed by atoms with van der Waals surface area (Å²) >= 11 is 0. The van der Waals surface area contributed by atoms with Crippen LogP contribution in [0.1, 0.15) is 31.0 Å². The van der Waals surface area contributed by atoms with Crippen LogP contribution in [0.25, 0.3) is 0 Å². The number of alkyl halides is 3. The smallest absolute Gasteiger partial charge is 0.378 e. The number of urea groups is 1. The molecule has 0 spiro atoms. The Balaban J connectivity index is 1.71. The van der Waals surface area contributed by atoms with Crippen molar-refractivity contribution in [3.05, 3.63) is 46.7 Å². The number of carbonyl (C=O) groups excluding carboxylic acids is 3. The molecule has 0 aromatic heterocycles. The Kier molecular flexibility index (Phi) is 6.08. The van der Waals surface area contributed by atoms with Crippen LogP contribution >= 0.6 is 0 Å². The van der Waals surface area contributed by atoms with Crippen molar-refractivity contribution >= 4 is 17.8 Å². The lowest BCUT2D eigenvalue weighted by Crippen LogP contribution is -2.51. The zero-order valence-corrected chi connectivity index (χ0v) is 18.3. The van der Waals surface area contributed by atoms with Gasteiger partial charge in [-0.25, -0.2) is 4.79 Å². The molecule has 0 radical (unpaired) electrons. The van der Waals surface area contributed by atoms with E-state index in [9.17, 15) is 27.6 Å². The van der Waals surface area contributed by atoms with Gasteiger partial charge in [-0.2, -0.15) is 13.2 Å². The molecular weight excluding hydrogens is 441 g/mol. The molecule has 1 N–H and O–H groups in total. The molecule has 2 atom stereocenters. The molecule has 3 aliphatic rings. The highest BCUT2D eigenvalue weighted by Crippen LogP contribution is 2.41. The third kappa shape index (κ3) is 4.05. The Morgan fingerprint density at radius 3 is 2.52 bits per heavy atom. The first-order valence-electron chi connectivity index (χ1n) is 10.8. The zero-order valence-electron chi connectivity index (χ0n) is 18.3. The minimum atomic E-state index is -4.66. The summed E-state index contributed by atoms with van der Waals surface area (Å²) in [5, 5.41) is 2.57. The van der Waals surface area contributed by atoms with Gasteiger partial charge in [-0.3, -0.25) is 14.5 Å². The van der Waals surface area contributed by atoms with Gasteiger partial charge in [-0.15, -0.1) is 0 Å². The molecule has 1 saturated heterocycles. The predicted molar refractivity (Wildman–Crippen MR) is 111 cm³/mol. The lowest BCUT2D eigenvalue weighted by Gasteiger charge is -2.33. The zero-order chi connectivity index (χ0) is 23.9. The summed E-state index contributed by atoms with van der Waals surface area (Å²) in [7, 11) is 0.